The molecule has 0 saturated carbocycles. The van der Waals surface area contributed by atoms with Gasteiger partial charge < -0.3 is 14.2 Å². The Kier molecular flexibility index (Phi) is 5.59. The zero-order valence-corrected chi connectivity index (χ0v) is 16.7. The lowest BCUT2D eigenvalue weighted by molar-refractivity contribution is 0.0585. The zero-order valence-electron chi connectivity index (χ0n) is 16.7. The number of amides is 1. The van der Waals surface area contributed by atoms with Crippen LogP contribution in [0.3, 0.4) is 0 Å². The van der Waals surface area contributed by atoms with E-state index in [0.717, 1.165) is 24.9 Å². The summed E-state index contributed by atoms with van der Waals surface area (Å²) in [5, 5.41) is 8.55. The first kappa shape index (κ1) is 19.2. The van der Waals surface area contributed by atoms with E-state index in [1.807, 2.05) is 30.3 Å². The summed E-state index contributed by atoms with van der Waals surface area (Å²) in [6.45, 7) is 5.27. The molecule has 1 aliphatic heterocycles. The molecule has 1 aliphatic rings. The molecular formula is C21H25N5O3. The van der Waals surface area contributed by atoms with Crippen molar-refractivity contribution in [2.75, 3.05) is 13.2 Å². The molecule has 0 spiro atoms. The first-order chi connectivity index (χ1) is 14.1. The molecule has 1 aromatic carbocycles. The van der Waals surface area contributed by atoms with E-state index >= 15 is 0 Å². The van der Waals surface area contributed by atoms with Gasteiger partial charge in [0.1, 0.15) is 0 Å². The maximum Gasteiger partial charge on any atom is 0.278 e. The summed E-state index contributed by atoms with van der Waals surface area (Å²) >= 11 is 0. The molecule has 1 amide bonds. The molecule has 2 aromatic heterocycles. The summed E-state index contributed by atoms with van der Waals surface area (Å²) in [6.07, 6.45) is 5.82. The molecule has 0 bridgehead atoms. The van der Waals surface area contributed by atoms with Gasteiger partial charge in [-0.25, -0.2) is 4.68 Å². The van der Waals surface area contributed by atoms with Crippen molar-refractivity contribution in [2.24, 2.45) is 5.92 Å². The van der Waals surface area contributed by atoms with Crippen molar-refractivity contribution in [1.29, 1.82) is 0 Å². The molecular weight excluding hydrogens is 370 g/mol. The molecule has 3 heterocycles. The van der Waals surface area contributed by atoms with Crippen LogP contribution in [0.5, 0.6) is 5.75 Å². The highest BCUT2D eigenvalue weighted by atomic mass is 16.5. The lowest BCUT2D eigenvalue weighted by Gasteiger charge is -2.33. The first-order valence-corrected chi connectivity index (χ1v) is 9.98. The number of piperidine rings is 1. The second kappa shape index (κ2) is 8.46. The lowest BCUT2D eigenvalue weighted by Crippen LogP contribution is -2.39. The molecule has 29 heavy (non-hydrogen) atoms. The van der Waals surface area contributed by atoms with E-state index in [1.165, 1.54) is 6.39 Å². The second-order valence-corrected chi connectivity index (χ2v) is 7.63. The number of likely N-dealkylation sites (tertiary alicyclic amines) is 1. The Morgan fingerprint density at radius 3 is 2.83 bits per heavy atom. The maximum atomic E-state index is 13.5. The van der Waals surface area contributed by atoms with Crippen molar-refractivity contribution < 1.29 is 14.1 Å². The molecule has 8 heteroatoms. The van der Waals surface area contributed by atoms with E-state index < -0.39 is 0 Å². The lowest BCUT2D eigenvalue weighted by atomic mass is 10.0. The molecule has 0 N–H and O–H groups in total. The molecule has 1 saturated heterocycles. The van der Waals surface area contributed by atoms with E-state index in [-0.39, 0.29) is 11.9 Å². The van der Waals surface area contributed by atoms with Gasteiger partial charge in [-0.3, -0.25) is 4.79 Å². The molecule has 1 atom stereocenters. The van der Waals surface area contributed by atoms with Gasteiger partial charge in [0.2, 0.25) is 6.39 Å². The normalized spacial score (nSPS) is 16.9. The summed E-state index contributed by atoms with van der Waals surface area (Å²) < 4.78 is 12.6. The SMILES string of the molecule is CC(C)COc1cn(-c2ccccc2)nc1C(=O)N1CCCCC1c1ncon1. The van der Waals surface area contributed by atoms with Gasteiger partial charge in [0.15, 0.2) is 17.3 Å². The summed E-state index contributed by atoms with van der Waals surface area (Å²) in [5.41, 5.74) is 1.18. The highest BCUT2D eigenvalue weighted by Gasteiger charge is 2.34. The average Bonchev–Trinajstić information content (AvgIpc) is 3.42. The number of rotatable bonds is 6. The summed E-state index contributed by atoms with van der Waals surface area (Å²) in [5.74, 6) is 1.18. The van der Waals surface area contributed by atoms with Gasteiger partial charge in [-0.2, -0.15) is 10.1 Å². The Morgan fingerprint density at radius 2 is 2.10 bits per heavy atom. The van der Waals surface area contributed by atoms with Crippen LogP contribution in [0.2, 0.25) is 0 Å². The monoisotopic (exact) mass is 395 g/mol. The Bertz CT molecular complexity index is 937. The molecule has 4 rings (SSSR count). The number of hydrogen-bond donors (Lipinski definition) is 0. The zero-order chi connectivity index (χ0) is 20.2. The number of ether oxygens (including phenoxy) is 1. The van der Waals surface area contributed by atoms with E-state index in [1.54, 1.807) is 15.8 Å². The minimum Gasteiger partial charge on any atom is -0.489 e. The van der Waals surface area contributed by atoms with Gasteiger partial charge in [-0.15, -0.1) is 0 Å². The molecule has 3 aromatic rings. The van der Waals surface area contributed by atoms with Crippen molar-refractivity contribution in [1.82, 2.24) is 24.8 Å². The fourth-order valence-electron chi connectivity index (χ4n) is 3.49. The minimum absolute atomic E-state index is 0.173. The smallest absolute Gasteiger partial charge is 0.278 e. The van der Waals surface area contributed by atoms with E-state index in [9.17, 15) is 4.79 Å². The van der Waals surface area contributed by atoms with Gasteiger partial charge in [0, 0.05) is 6.54 Å². The number of benzene rings is 1. The molecule has 152 valence electrons. The van der Waals surface area contributed by atoms with Crippen molar-refractivity contribution in [3.63, 3.8) is 0 Å². The van der Waals surface area contributed by atoms with Gasteiger partial charge in [-0.05, 0) is 37.3 Å². The Balaban J connectivity index is 1.67. The minimum atomic E-state index is -0.213. The summed E-state index contributed by atoms with van der Waals surface area (Å²) in [7, 11) is 0. The van der Waals surface area contributed by atoms with Crippen LogP contribution in [0.4, 0.5) is 0 Å². The second-order valence-electron chi connectivity index (χ2n) is 7.63. The standard InChI is InChI=1S/C21H25N5O3/c1-15(2)13-28-18-12-26(16-8-4-3-5-9-16)23-19(18)21(27)25-11-7-6-10-17(25)20-22-14-29-24-20/h3-5,8-9,12,14-15,17H,6-7,10-11,13H2,1-2H3. The summed E-state index contributed by atoms with van der Waals surface area (Å²) in [4.78, 5) is 19.5. The third-order valence-electron chi connectivity index (χ3n) is 4.92. The van der Waals surface area contributed by atoms with Crippen LogP contribution in [-0.2, 0) is 0 Å². The van der Waals surface area contributed by atoms with Crippen molar-refractivity contribution in [2.45, 2.75) is 39.2 Å². The number of hydrogen-bond acceptors (Lipinski definition) is 6. The van der Waals surface area contributed by atoms with Gasteiger partial charge in [-0.1, -0.05) is 37.2 Å². The number of carbonyl (C=O) groups excluding carboxylic acids is 1. The number of nitrogens with zero attached hydrogens (tertiary/aromatic N) is 5. The molecule has 8 nitrogen and oxygen atoms in total. The fourth-order valence-corrected chi connectivity index (χ4v) is 3.49. The Hall–Kier alpha value is -3.16. The third-order valence-corrected chi connectivity index (χ3v) is 4.92. The predicted molar refractivity (Wildman–Crippen MR) is 106 cm³/mol. The van der Waals surface area contributed by atoms with Crippen LogP contribution in [0.1, 0.15) is 55.5 Å². The van der Waals surface area contributed by atoms with Gasteiger partial charge >= 0.3 is 0 Å². The third kappa shape index (κ3) is 4.16. The van der Waals surface area contributed by atoms with Gasteiger partial charge in [0.05, 0.1) is 24.5 Å². The number of aromatic nitrogens is 4. The van der Waals surface area contributed by atoms with Crippen LogP contribution < -0.4 is 4.74 Å². The van der Waals surface area contributed by atoms with E-state index in [2.05, 4.69) is 29.1 Å². The highest BCUT2D eigenvalue weighted by molar-refractivity contribution is 5.95. The highest BCUT2D eigenvalue weighted by Crippen LogP contribution is 2.32. The van der Waals surface area contributed by atoms with Crippen LogP contribution >= 0.6 is 0 Å². The molecule has 0 radical (unpaired) electrons. The van der Waals surface area contributed by atoms with Crippen molar-refractivity contribution in [3.8, 4) is 11.4 Å². The molecule has 0 aliphatic carbocycles. The van der Waals surface area contributed by atoms with Crippen LogP contribution in [0, 0.1) is 5.92 Å². The predicted octanol–water partition coefficient (Wildman–Crippen LogP) is 3.66. The van der Waals surface area contributed by atoms with Crippen molar-refractivity contribution in [3.05, 3.63) is 54.4 Å². The van der Waals surface area contributed by atoms with Gasteiger partial charge in [0.25, 0.3) is 5.91 Å². The van der Waals surface area contributed by atoms with E-state index in [0.29, 0.717) is 36.3 Å². The molecule has 1 fully saturated rings. The average molecular weight is 395 g/mol. The van der Waals surface area contributed by atoms with E-state index in [4.69, 9.17) is 9.26 Å². The van der Waals surface area contributed by atoms with Crippen LogP contribution in [0.15, 0.2) is 47.4 Å². The number of carbonyl (C=O) groups is 1. The summed E-state index contributed by atoms with van der Waals surface area (Å²) in [6, 6.07) is 9.48. The van der Waals surface area contributed by atoms with Crippen LogP contribution in [0.25, 0.3) is 5.69 Å². The topological polar surface area (TPSA) is 86.3 Å². The largest absolute Gasteiger partial charge is 0.489 e. The maximum absolute atomic E-state index is 13.5. The Labute approximate surface area is 169 Å². The quantitative estimate of drug-likeness (QED) is 0.633. The van der Waals surface area contributed by atoms with Crippen molar-refractivity contribution >= 4 is 5.91 Å². The fraction of sp³-hybridized carbons (Fsp3) is 0.429. The van der Waals surface area contributed by atoms with Crippen LogP contribution in [-0.4, -0.2) is 43.9 Å². The Morgan fingerprint density at radius 1 is 1.28 bits per heavy atom. The molecule has 1 unspecified atom stereocenters. The number of para-hydroxylation sites is 1. The first-order valence-electron chi connectivity index (χ1n) is 9.98.